The molecule has 1 unspecified atom stereocenters. The monoisotopic (exact) mass is 413 g/mol. The van der Waals surface area contributed by atoms with Crippen molar-refractivity contribution in [1.82, 2.24) is 20.5 Å². The van der Waals surface area contributed by atoms with Crippen LogP contribution < -0.4 is 10.6 Å². The largest absolute Gasteiger partial charge is 0.434 e. The van der Waals surface area contributed by atoms with Crippen molar-refractivity contribution >= 4 is 23.2 Å². The molecule has 0 saturated carbocycles. The number of carbonyl (C=O) groups excluding carboxylic acids is 1. The summed E-state index contributed by atoms with van der Waals surface area (Å²) in [5, 5.41) is 7.35. The van der Waals surface area contributed by atoms with E-state index in [2.05, 4.69) is 20.6 Å². The van der Waals surface area contributed by atoms with Crippen LogP contribution in [0.5, 0.6) is 0 Å². The minimum Gasteiger partial charge on any atom is -0.350 e. The van der Waals surface area contributed by atoms with E-state index < -0.39 is 11.9 Å². The molecular formula is C18H22F3N5OS. The Kier molecular flexibility index (Phi) is 7.38. The average Bonchev–Trinajstić information content (AvgIpc) is 3.13. The molecule has 1 aromatic carbocycles. The molecule has 28 heavy (non-hydrogen) atoms. The number of nitrogens with one attached hydrogen (secondary N) is 2. The third-order valence-electron chi connectivity index (χ3n) is 3.77. The summed E-state index contributed by atoms with van der Waals surface area (Å²) in [5.41, 5.74) is 0.0886. The van der Waals surface area contributed by atoms with Crippen LogP contribution in [0.4, 0.5) is 13.2 Å². The maximum Gasteiger partial charge on any atom is 0.434 e. The molecule has 0 aliphatic rings. The molecule has 1 aromatic heterocycles. The highest BCUT2D eigenvalue weighted by molar-refractivity contribution is 7.09. The molecule has 0 saturated heterocycles. The Morgan fingerprint density at radius 1 is 1.29 bits per heavy atom. The van der Waals surface area contributed by atoms with Gasteiger partial charge in [0.1, 0.15) is 11.6 Å². The summed E-state index contributed by atoms with van der Waals surface area (Å²) in [7, 11) is 3.25. The Morgan fingerprint density at radius 2 is 1.96 bits per heavy atom. The van der Waals surface area contributed by atoms with Gasteiger partial charge in [-0.05, 0) is 12.5 Å². The third-order valence-corrected chi connectivity index (χ3v) is 4.62. The first-order chi connectivity index (χ1) is 13.2. The number of nitrogens with zero attached hydrogens (tertiary/aromatic N) is 3. The minimum absolute atomic E-state index is 0.0598. The Bertz CT molecular complexity index is 805. The van der Waals surface area contributed by atoms with Crippen molar-refractivity contribution in [1.29, 1.82) is 0 Å². The first-order valence-corrected chi connectivity index (χ1v) is 9.36. The van der Waals surface area contributed by atoms with Gasteiger partial charge in [-0.15, -0.1) is 11.3 Å². The van der Waals surface area contributed by atoms with Crippen molar-refractivity contribution in [2.75, 3.05) is 20.6 Å². The van der Waals surface area contributed by atoms with E-state index in [1.165, 1.54) is 4.90 Å². The summed E-state index contributed by atoms with van der Waals surface area (Å²) in [6.45, 7) is 1.89. The molecular weight excluding hydrogens is 391 g/mol. The summed E-state index contributed by atoms with van der Waals surface area (Å²) in [5.74, 6) is 0.123. The summed E-state index contributed by atoms with van der Waals surface area (Å²) in [6, 6.07) is 9.47. The maximum atomic E-state index is 12.7. The number of thiazole rings is 1. The number of guanidine groups is 1. The van der Waals surface area contributed by atoms with Crippen LogP contribution in [0, 0.1) is 0 Å². The SMILES string of the molecule is CC(NC(=NCC(=O)N(C)C)NCc1nc(C(F)(F)F)cs1)c1ccccc1. The lowest BCUT2D eigenvalue weighted by Crippen LogP contribution is -2.39. The molecule has 1 heterocycles. The number of benzene rings is 1. The molecule has 10 heteroatoms. The van der Waals surface area contributed by atoms with Crippen LogP contribution in [0.15, 0.2) is 40.7 Å². The van der Waals surface area contributed by atoms with E-state index in [4.69, 9.17) is 0 Å². The van der Waals surface area contributed by atoms with Crippen molar-refractivity contribution in [3.05, 3.63) is 52.0 Å². The van der Waals surface area contributed by atoms with Crippen LogP contribution in [-0.4, -0.2) is 42.4 Å². The van der Waals surface area contributed by atoms with E-state index in [9.17, 15) is 18.0 Å². The minimum atomic E-state index is -4.47. The lowest BCUT2D eigenvalue weighted by atomic mass is 10.1. The van der Waals surface area contributed by atoms with E-state index in [0.29, 0.717) is 5.96 Å². The molecule has 2 rings (SSSR count). The summed E-state index contributed by atoms with van der Waals surface area (Å²) < 4.78 is 38.1. The second kappa shape index (κ2) is 9.54. The molecule has 1 amide bonds. The molecule has 152 valence electrons. The van der Waals surface area contributed by atoms with E-state index in [1.54, 1.807) is 14.1 Å². The molecule has 0 bridgehead atoms. The standard InChI is InChI=1S/C18H22F3N5OS/c1-12(13-7-5-4-6-8-13)24-17(23-10-16(27)26(2)3)22-9-15-25-14(11-28-15)18(19,20)21/h4-8,11-12H,9-10H2,1-3H3,(H2,22,23,24). The van der Waals surface area contributed by atoms with Gasteiger partial charge in [0, 0.05) is 19.5 Å². The van der Waals surface area contributed by atoms with E-state index in [-0.39, 0.29) is 30.0 Å². The molecule has 2 aromatic rings. The van der Waals surface area contributed by atoms with Gasteiger partial charge >= 0.3 is 6.18 Å². The maximum absolute atomic E-state index is 12.7. The summed E-state index contributed by atoms with van der Waals surface area (Å²) in [6.07, 6.45) is -4.47. The Hall–Kier alpha value is -2.62. The van der Waals surface area contributed by atoms with Crippen LogP contribution in [0.25, 0.3) is 0 Å². The zero-order valence-electron chi connectivity index (χ0n) is 15.7. The van der Waals surface area contributed by atoms with Gasteiger partial charge in [-0.1, -0.05) is 30.3 Å². The number of aliphatic imine (C=N–C) groups is 1. The number of alkyl halides is 3. The normalized spacial score (nSPS) is 13.1. The highest BCUT2D eigenvalue weighted by Crippen LogP contribution is 2.29. The fourth-order valence-corrected chi connectivity index (χ4v) is 2.89. The molecule has 0 fully saturated rings. The zero-order chi connectivity index (χ0) is 20.7. The fourth-order valence-electron chi connectivity index (χ4n) is 2.15. The van der Waals surface area contributed by atoms with Crippen molar-refractivity contribution < 1.29 is 18.0 Å². The Morgan fingerprint density at radius 3 is 2.54 bits per heavy atom. The number of hydrogen-bond acceptors (Lipinski definition) is 4. The number of aromatic nitrogens is 1. The van der Waals surface area contributed by atoms with Gasteiger partial charge in [0.15, 0.2) is 11.7 Å². The summed E-state index contributed by atoms with van der Waals surface area (Å²) in [4.78, 5) is 21.1. The quantitative estimate of drug-likeness (QED) is 0.564. The van der Waals surface area contributed by atoms with Crippen LogP contribution >= 0.6 is 11.3 Å². The molecule has 6 nitrogen and oxygen atoms in total. The predicted molar refractivity (Wildman–Crippen MR) is 103 cm³/mol. The number of carbonyl (C=O) groups is 1. The highest BCUT2D eigenvalue weighted by Gasteiger charge is 2.33. The smallest absolute Gasteiger partial charge is 0.350 e. The van der Waals surface area contributed by atoms with Gasteiger partial charge in [-0.3, -0.25) is 4.79 Å². The number of hydrogen-bond donors (Lipinski definition) is 2. The van der Waals surface area contributed by atoms with Gasteiger partial charge < -0.3 is 15.5 Å². The van der Waals surface area contributed by atoms with E-state index in [1.807, 2.05) is 37.3 Å². The first kappa shape index (κ1) is 21.7. The lowest BCUT2D eigenvalue weighted by molar-refractivity contribution is -0.140. The van der Waals surface area contributed by atoms with Crippen molar-refractivity contribution in [3.63, 3.8) is 0 Å². The topological polar surface area (TPSA) is 69.6 Å². The van der Waals surface area contributed by atoms with E-state index >= 15 is 0 Å². The number of likely N-dealkylation sites (N-methyl/N-ethyl adjacent to an activating group) is 1. The Balaban J connectivity index is 2.08. The van der Waals surface area contributed by atoms with Gasteiger partial charge in [-0.2, -0.15) is 13.2 Å². The van der Waals surface area contributed by atoms with Crippen LogP contribution in [0.2, 0.25) is 0 Å². The predicted octanol–water partition coefficient (Wildman–Crippen LogP) is 3.05. The van der Waals surface area contributed by atoms with Crippen LogP contribution in [-0.2, 0) is 17.5 Å². The van der Waals surface area contributed by atoms with E-state index in [0.717, 1.165) is 22.3 Å². The second-order valence-corrected chi connectivity index (χ2v) is 7.15. The molecule has 1 atom stereocenters. The fraction of sp³-hybridized carbons (Fsp3) is 0.389. The average molecular weight is 413 g/mol. The van der Waals surface area contributed by atoms with Crippen LogP contribution in [0.3, 0.4) is 0 Å². The van der Waals surface area contributed by atoms with Gasteiger partial charge in [0.2, 0.25) is 5.91 Å². The summed E-state index contributed by atoms with van der Waals surface area (Å²) >= 11 is 0.911. The molecule has 2 N–H and O–H groups in total. The van der Waals surface area contributed by atoms with Gasteiger partial charge in [-0.25, -0.2) is 9.98 Å². The van der Waals surface area contributed by atoms with Gasteiger partial charge in [0.25, 0.3) is 0 Å². The number of halogens is 3. The second-order valence-electron chi connectivity index (χ2n) is 6.21. The molecule has 0 aliphatic heterocycles. The first-order valence-electron chi connectivity index (χ1n) is 8.48. The third kappa shape index (κ3) is 6.52. The zero-order valence-corrected chi connectivity index (χ0v) is 16.6. The Labute approximate surface area is 165 Å². The number of amides is 1. The van der Waals surface area contributed by atoms with Crippen molar-refractivity contribution in [2.24, 2.45) is 4.99 Å². The van der Waals surface area contributed by atoms with Crippen molar-refractivity contribution in [2.45, 2.75) is 25.7 Å². The highest BCUT2D eigenvalue weighted by atomic mass is 32.1. The van der Waals surface area contributed by atoms with Crippen LogP contribution in [0.1, 0.15) is 29.2 Å². The molecule has 0 aliphatic carbocycles. The lowest BCUT2D eigenvalue weighted by Gasteiger charge is -2.18. The number of rotatable bonds is 6. The van der Waals surface area contributed by atoms with Crippen molar-refractivity contribution in [3.8, 4) is 0 Å². The van der Waals surface area contributed by atoms with Gasteiger partial charge in [0.05, 0.1) is 12.6 Å². The molecule has 0 spiro atoms. The molecule has 0 radical (unpaired) electrons.